The average Bonchev–Trinajstić information content (AvgIpc) is 2.99. The van der Waals surface area contributed by atoms with Crippen LogP contribution in [0.25, 0.3) is 0 Å². The van der Waals surface area contributed by atoms with Crippen LogP contribution in [0.5, 0.6) is 0 Å². The second-order valence-electron chi connectivity index (χ2n) is 7.11. The van der Waals surface area contributed by atoms with Gasteiger partial charge in [-0.25, -0.2) is 0 Å². The predicted molar refractivity (Wildman–Crippen MR) is 104 cm³/mol. The Morgan fingerprint density at radius 1 is 1.22 bits per heavy atom. The summed E-state index contributed by atoms with van der Waals surface area (Å²) in [5.74, 6) is 0.859. The van der Waals surface area contributed by atoms with Crippen molar-refractivity contribution in [2.75, 3.05) is 12.3 Å². The molecule has 0 aromatic rings. The second kappa shape index (κ2) is 7.17. The van der Waals surface area contributed by atoms with E-state index in [1.807, 2.05) is 0 Å². The molecular formula is C21H29NS. The molecule has 0 amide bonds. The Labute approximate surface area is 146 Å². The Morgan fingerprint density at radius 2 is 2.09 bits per heavy atom. The number of rotatable bonds is 5. The van der Waals surface area contributed by atoms with Crippen molar-refractivity contribution >= 4 is 12.6 Å². The van der Waals surface area contributed by atoms with Crippen molar-refractivity contribution in [2.24, 2.45) is 5.41 Å². The summed E-state index contributed by atoms with van der Waals surface area (Å²) in [6, 6.07) is 0.621. The molecule has 1 aliphatic heterocycles. The van der Waals surface area contributed by atoms with Gasteiger partial charge < -0.3 is 4.90 Å². The first-order valence-electron chi connectivity index (χ1n) is 8.98. The van der Waals surface area contributed by atoms with Gasteiger partial charge in [-0.05, 0) is 44.6 Å². The highest BCUT2D eigenvalue weighted by molar-refractivity contribution is 7.80. The summed E-state index contributed by atoms with van der Waals surface area (Å²) in [4.78, 5) is 2.53. The molecule has 2 unspecified atom stereocenters. The number of hydrogen-bond acceptors (Lipinski definition) is 2. The average molecular weight is 328 g/mol. The lowest BCUT2D eigenvalue weighted by Crippen LogP contribution is -2.31. The first-order valence-corrected chi connectivity index (χ1v) is 9.61. The zero-order valence-electron chi connectivity index (χ0n) is 14.5. The van der Waals surface area contributed by atoms with E-state index in [0.717, 1.165) is 25.1 Å². The highest BCUT2D eigenvalue weighted by Gasteiger charge is 2.28. The smallest absolute Gasteiger partial charge is 0.0362 e. The topological polar surface area (TPSA) is 3.24 Å². The van der Waals surface area contributed by atoms with Gasteiger partial charge in [0, 0.05) is 29.5 Å². The van der Waals surface area contributed by atoms with E-state index >= 15 is 0 Å². The molecule has 0 saturated carbocycles. The lowest BCUT2D eigenvalue weighted by molar-refractivity contribution is 0.291. The summed E-state index contributed by atoms with van der Waals surface area (Å²) in [6.07, 6.45) is 22.5. The van der Waals surface area contributed by atoms with E-state index < -0.39 is 0 Å². The second-order valence-corrected chi connectivity index (χ2v) is 7.42. The van der Waals surface area contributed by atoms with E-state index in [-0.39, 0.29) is 5.41 Å². The fourth-order valence-corrected chi connectivity index (χ4v) is 4.32. The van der Waals surface area contributed by atoms with Gasteiger partial charge in [0.15, 0.2) is 0 Å². The van der Waals surface area contributed by atoms with Crippen molar-refractivity contribution in [3.63, 3.8) is 0 Å². The van der Waals surface area contributed by atoms with E-state index in [9.17, 15) is 0 Å². The number of hydrogen-bond donors (Lipinski definition) is 1. The number of nitrogens with zero attached hydrogens (tertiary/aromatic N) is 1. The number of allylic oxidation sites excluding steroid dienone is 7. The van der Waals surface area contributed by atoms with Gasteiger partial charge >= 0.3 is 0 Å². The Balaban J connectivity index is 1.63. The molecule has 2 atom stereocenters. The van der Waals surface area contributed by atoms with Crippen LogP contribution in [0.1, 0.15) is 46.0 Å². The monoisotopic (exact) mass is 327 g/mol. The maximum Gasteiger partial charge on any atom is 0.0362 e. The van der Waals surface area contributed by atoms with Gasteiger partial charge in [0.2, 0.25) is 0 Å². The maximum absolute atomic E-state index is 4.47. The molecule has 0 spiro atoms. The predicted octanol–water partition coefficient (Wildman–Crippen LogP) is 5.45. The van der Waals surface area contributed by atoms with Crippen LogP contribution in [-0.2, 0) is 0 Å². The molecule has 0 aromatic carbocycles. The first-order chi connectivity index (χ1) is 11.2. The fourth-order valence-electron chi connectivity index (χ4n) is 4.01. The third-order valence-electron chi connectivity index (χ3n) is 5.52. The third kappa shape index (κ3) is 3.52. The van der Waals surface area contributed by atoms with Crippen LogP contribution in [-0.4, -0.2) is 23.2 Å². The van der Waals surface area contributed by atoms with Crippen LogP contribution < -0.4 is 0 Å². The summed E-state index contributed by atoms with van der Waals surface area (Å²) in [7, 11) is 0. The summed E-state index contributed by atoms with van der Waals surface area (Å²) in [5, 5.41) is 0. The molecule has 3 aliphatic rings. The third-order valence-corrected chi connectivity index (χ3v) is 5.84. The molecule has 3 rings (SSSR count). The van der Waals surface area contributed by atoms with Crippen molar-refractivity contribution in [1.82, 2.24) is 4.90 Å². The van der Waals surface area contributed by atoms with E-state index in [1.54, 1.807) is 0 Å². The van der Waals surface area contributed by atoms with Crippen LogP contribution in [0.3, 0.4) is 0 Å². The Bertz CT molecular complexity index is 593. The molecule has 2 aliphatic carbocycles. The zero-order chi connectivity index (χ0) is 16.3. The molecule has 0 saturated heterocycles. The van der Waals surface area contributed by atoms with Crippen LogP contribution in [0, 0.1) is 5.41 Å². The molecule has 0 aromatic heterocycles. The Hall–Kier alpha value is -1.15. The van der Waals surface area contributed by atoms with Crippen LogP contribution in [0.2, 0.25) is 0 Å². The van der Waals surface area contributed by atoms with Gasteiger partial charge in [-0.3, -0.25) is 0 Å². The summed E-state index contributed by atoms with van der Waals surface area (Å²) in [5.41, 5.74) is 4.59. The Morgan fingerprint density at radius 3 is 2.70 bits per heavy atom. The summed E-state index contributed by atoms with van der Waals surface area (Å²) < 4.78 is 0. The lowest BCUT2D eigenvalue weighted by Gasteiger charge is -2.33. The SMILES string of the molecule is CCN1C(CS)=CCC1CC1=CCC(C)(C2=CCCC=C2)C=C1. The fraction of sp³-hybridized carbons (Fsp3) is 0.524. The van der Waals surface area contributed by atoms with E-state index in [2.05, 4.69) is 73.9 Å². The molecule has 0 bridgehead atoms. The molecule has 0 fully saturated rings. The van der Waals surface area contributed by atoms with Gasteiger partial charge in [0.25, 0.3) is 0 Å². The molecule has 1 heterocycles. The van der Waals surface area contributed by atoms with Crippen molar-refractivity contribution in [3.05, 3.63) is 59.4 Å². The molecule has 0 N–H and O–H groups in total. The molecule has 0 radical (unpaired) electrons. The molecule has 1 nitrogen and oxygen atoms in total. The Kier molecular flexibility index (Phi) is 5.21. The lowest BCUT2D eigenvalue weighted by atomic mass is 9.73. The van der Waals surface area contributed by atoms with Crippen LogP contribution in [0.4, 0.5) is 0 Å². The summed E-state index contributed by atoms with van der Waals surface area (Å²) >= 11 is 4.47. The van der Waals surface area contributed by atoms with Crippen molar-refractivity contribution in [3.8, 4) is 0 Å². The maximum atomic E-state index is 4.47. The minimum atomic E-state index is 0.190. The quantitative estimate of drug-likeness (QED) is 0.657. The minimum absolute atomic E-state index is 0.190. The van der Waals surface area contributed by atoms with Crippen molar-refractivity contribution in [2.45, 2.75) is 52.0 Å². The normalized spacial score (nSPS) is 30.3. The van der Waals surface area contributed by atoms with E-state index in [4.69, 9.17) is 0 Å². The van der Waals surface area contributed by atoms with Gasteiger partial charge in [-0.1, -0.05) is 55.0 Å². The highest BCUT2D eigenvalue weighted by atomic mass is 32.1. The zero-order valence-corrected chi connectivity index (χ0v) is 15.4. The van der Waals surface area contributed by atoms with Crippen LogP contribution in [0.15, 0.2) is 59.4 Å². The van der Waals surface area contributed by atoms with Crippen molar-refractivity contribution in [1.29, 1.82) is 0 Å². The van der Waals surface area contributed by atoms with Gasteiger partial charge in [0.1, 0.15) is 0 Å². The molecule has 2 heteroatoms. The van der Waals surface area contributed by atoms with Crippen LogP contribution >= 0.6 is 12.6 Å². The van der Waals surface area contributed by atoms with Crippen molar-refractivity contribution < 1.29 is 0 Å². The highest BCUT2D eigenvalue weighted by Crippen LogP contribution is 2.40. The minimum Gasteiger partial charge on any atom is -0.371 e. The van der Waals surface area contributed by atoms with E-state index in [0.29, 0.717) is 6.04 Å². The van der Waals surface area contributed by atoms with Gasteiger partial charge in [-0.2, -0.15) is 12.6 Å². The van der Waals surface area contributed by atoms with Gasteiger partial charge in [-0.15, -0.1) is 0 Å². The standard InChI is InChI=1S/C21H29NS/c1-3-22-19(9-10-20(22)16-23)15-17-11-13-21(2,14-12-17)18-7-5-4-6-8-18/h5,7-8,10-13,19,23H,3-4,6,9,14-16H2,1-2H3. The molecular weight excluding hydrogens is 298 g/mol. The molecule has 124 valence electrons. The largest absolute Gasteiger partial charge is 0.371 e. The molecule has 23 heavy (non-hydrogen) atoms. The van der Waals surface area contributed by atoms with E-state index in [1.165, 1.54) is 36.1 Å². The van der Waals surface area contributed by atoms with Gasteiger partial charge in [0.05, 0.1) is 0 Å². The summed E-state index contributed by atoms with van der Waals surface area (Å²) in [6.45, 7) is 5.70. The first kappa shape index (κ1) is 16.7. The number of thiol groups is 1.